The number of hydrogen-bond donors (Lipinski definition) is 0. The number of amides is 2. The van der Waals surface area contributed by atoms with Gasteiger partial charge in [0.15, 0.2) is 0 Å². The van der Waals surface area contributed by atoms with Crippen LogP contribution in [-0.2, 0) is 9.59 Å². The highest BCUT2D eigenvalue weighted by Gasteiger charge is 2.21. The van der Waals surface area contributed by atoms with Crippen molar-refractivity contribution in [2.24, 2.45) is 10.3 Å². The largest absolute Gasteiger partial charge is 0.332 e. The molecular weight excluding hydrogens is 162 g/mol. The normalized spacial score (nSPS) is 17.2. The average Bonchev–Trinajstić information content (AvgIpc) is 2.08. The third kappa shape index (κ3) is 1.52. The van der Waals surface area contributed by atoms with Crippen LogP contribution in [0.5, 0.6) is 0 Å². The van der Waals surface area contributed by atoms with Gasteiger partial charge in [-0.3, -0.25) is 9.59 Å². The second-order valence-electron chi connectivity index (χ2n) is 2.36. The molecule has 0 fully saturated rings. The minimum Gasteiger partial charge on any atom is -0.273 e. The molecule has 0 aliphatic carbocycles. The van der Waals surface area contributed by atoms with E-state index in [2.05, 4.69) is 10.3 Å². The Morgan fingerprint density at radius 1 is 1.58 bits per heavy atom. The molecule has 1 aliphatic heterocycles. The quantitative estimate of drug-likeness (QED) is 0.513. The van der Waals surface area contributed by atoms with Crippen LogP contribution in [0.3, 0.4) is 0 Å². The van der Waals surface area contributed by atoms with E-state index in [9.17, 15) is 14.5 Å². The lowest BCUT2D eigenvalue weighted by atomic mass is 10.1. The molecule has 2 amide bonds. The van der Waals surface area contributed by atoms with E-state index < -0.39 is 5.91 Å². The topological polar surface area (TPSA) is 79.2 Å². The summed E-state index contributed by atoms with van der Waals surface area (Å²) < 4.78 is 0. The summed E-state index contributed by atoms with van der Waals surface area (Å²) >= 11 is 0. The summed E-state index contributed by atoms with van der Waals surface area (Å²) in [5, 5.41) is 6.85. The molecule has 1 rings (SSSR count). The third-order valence-electron chi connectivity index (χ3n) is 1.54. The highest BCUT2D eigenvalue weighted by atomic mass is 16.3. The van der Waals surface area contributed by atoms with E-state index in [0.717, 1.165) is 5.01 Å². The molecule has 0 radical (unpaired) electrons. The Morgan fingerprint density at radius 3 is 2.75 bits per heavy atom. The Labute approximate surface area is 68.2 Å². The molecule has 0 saturated heterocycles. The zero-order valence-electron chi connectivity index (χ0n) is 6.48. The number of hydrazone groups is 1. The summed E-state index contributed by atoms with van der Waals surface area (Å²) in [6.07, 6.45) is 0.407. The monoisotopic (exact) mass is 169 g/mol. The predicted molar refractivity (Wildman–Crippen MR) is 40.2 cm³/mol. The predicted octanol–water partition coefficient (Wildman–Crippen LogP) is -0.112. The van der Waals surface area contributed by atoms with Gasteiger partial charge in [-0.05, 0) is 0 Å². The van der Waals surface area contributed by atoms with Crippen LogP contribution in [0.1, 0.15) is 12.8 Å². The summed E-state index contributed by atoms with van der Waals surface area (Å²) in [5.41, 5.74) is 0.0482. The Kier molecular flexibility index (Phi) is 2.27. The summed E-state index contributed by atoms with van der Waals surface area (Å²) in [6.45, 7) is 0. The highest BCUT2D eigenvalue weighted by Crippen LogP contribution is 2.07. The summed E-state index contributed by atoms with van der Waals surface area (Å²) in [7, 11) is 1.43. The molecule has 0 unspecified atom stereocenters. The van der Waals surface area contributed by atoms with Crippen molar-refractivity contribution in [3.63, 3.8) is 0 Å². The van der Waals surface area contributed by atoms with Gasteiger partial charge in [-0.2, -0.15) is 5.10 Å². The number of hydrogen-bond acceptors (Lipinski definition) is 4. The van der Waals surface area contributed by atoms with Crippen LogP contribution in [0.15, 0.2) is 10.3 Å². The molecule has 0 spiro atoms. The SMILES string of the molecule is CN1N=C(C(=O)N=O)CCC1=O. The van der Waals surface area contributed by atoms with Crippen molar-refractivity contribution in [3.8, 4) is 0 Å². The van der Waals surface area contributed by atoms with Crippen molar-refractivity contribution < 1.29 is 9.59 Å². The maximum absolute atomic E-state index is 10.8. The Hall–Kier alpha value is -1.59. The number of carbonyl (C=O) groups is 2. The first-order valence-corrected chi connectivity index (χ1v) is 3.37. The van der Waals surface area contributed by atoms with Crippen molar-refractivity contribution in [2.45, 2.75) is 12.8 Å². The van der Waals surface area contributed by atoms with Gasteiger partial charge in [0.1, 0.15) is 5.71 Å². The van der Waals surface area contributed by atoms with E-state index in [1.165, 1.54) is 7.05 Å². The molecule has 0 bridgehead atoms. The highest BCUT2D eigenvalue weighted by molar-refractivity contribution is 6.39. The molecule has 0 saturated carbocycles. The summed E-state index contributed by atoms with van der Waals surface area (Å²) in [4.78, 5) is 31.3. The summed E-state index contributed by atoms with van der Waals surface area (Å²) in [5.74, 6) is -1.06. The fourth-order valence-corrected chi connectivity index (χ4v) is 0.876. The first-order chi connectivity index (χ1) is 5.65. The standard InChI is InChI=1S/C6H7N3O3/c1-9-5(10)3-2-4(7-9)6(11)8-12/h2-3H2,1H3. The molecule has 0 N–H and O–H groups in total. The number of nitrogens with zero attached hydrogens (tertiary/aromatic N) is 3. The first-order valence-electron chi connectivity index (χ1n) is 3.37. The van der Waals surface area contributed by atoms with Gasteiger partial charge in [-0.25, -0.2) is 5.01 Å². The van der Waals surface area contributed by atoms with Gasteiger partial charge >= 0.3 is 5.91 Å². The van der Waals surface area contributed by atoms with Crippen LogP contribution in [0.4, 0.5) is 0 Å². The number of carbonyl (C=O) groups excluding carboxylic acids is 2. The molecule has 0 aromatic heterocycles. The van der Waals surface area contributed by atoms with E-state index in [4.69, 9.17) is 0 Å². The molecule has 1 heterocycles. The van der Waals surface area contributed by atoms with E-state index in [0.29, 0.717) is 0 Å². The van der Waals surface area contributed by atoms with Gasteiger partial charge in [0.25, 0.3) is 0 Å². The molecule has 0 aromatic rings. The maximum Gasteiger partial charge on any atom is 0.332 e. The van der Waals surface area contributed by atoms with E-state index in [1.807, 2.05) is 0 Å². The zero-order chi connectivity index (χ0) is 9.14. The van der Waals surface area contributed by atoms with Gasteiger partial charge in [0.05, 0.1) is 0 Å². The minimum absolute atomic E-state index is 0.0482. The zero-order valence-corrected chi connectivity index (χ0v) is 6.48. The lowest BCUT2D eigenvalue weighted by Gasteiger charge is -2.16. The smallest absolute Gasteiger partial charge is 0.273 e. The fourth-order valence-electron chi connectivity index (χ4n) is 0.876. The number of nitroso groups, excluding NO2 is 1. The van der Waals surface area contributed by atoms with Crippen molar-refractivity contribution in [3.05, 3.63) is 4.91 Å². The second kappa shape index (κ2) is 3.21. The molecule has 1 aliphatic rings. The van der Waals surface area contributed by atoms with Crippen molar-refractivity contribution in [2.75, 3.05) is 7.05 Å². The molecule has 0 aromatic carbocycles. The van der Waals surface area contributed by atoms with Crippen LogP contribution in [0, 0.1) is 4.91 Å². The van der Waals surface area contributed by atoms with Crippen molar-refractivity contribution in [1.82, 2.24) is 5.01 Å². The molecule has 6 heteroatoms. The van der Waals surface area contributed by atoms with E-state index in [-0.39, 0.29) is 24.5 Å². The van der Waals surface area contributed by atoms with Crippen LogP contribution in [-0.4, -0.2) is 29.6 Å². The summed E-state index contributed by atoms with van der Waals surface area (Å²) in [6, 6.07) is 0. The fraction of sp³-hybridized carbons (Fsp3) is 0.500. The van der Waals surface area contributed by atoms with Crippen LogP contribution in [0.25, 0.3) is 0 Å². The maximum atomic E-state index is 10.8. The third-order valence-corrected chi connectivity index (χ3v) is 1.54. The van der Waals surface area contributed by atoms with Crippen LogP contribution in [0.2, 0.25) is 0 Å². The van der Waals surface area contributed by atoms with Gasteiger partial charge in [-0.1, -0.05) is 0 Å². The molecular formula is C6H7N3O3. The average molecular weight is 169 g/mol. The van der Waals surface area contributed by atoms with E-state index in [1.54, 1.807) is 0 Å². The van der Waals surface area contributed by atoms with Crippen LogP contribution < -0.4 is 0 Å². The van der Waals surface area contributed by atoms with Crippen molar-refractivity contribution in [1.29, 1.82) is 0 Å². The number of rotatable bonds is 1. The lowest BCUT2D eigenvalue weighted by Crippen LogP contribution is -2.30. The molecule has 6 nitrogen and oxygen atoms in total. The first kappa shape index (κ1) is 8.51. The Morgan fingerprint density at radius 2 is 2.25 bits per heavy atom. The van der Waals surface area contributed by atoms with Gasteiger partial charge in [0.2, 0.25) is 5.91 Å². The molecule has 0 atom stereocenters. The van der Waals surface area contributed by atoms with Crippen LogP contribution >= 0.6 is 0 Å². The van der Waals surface area contributed by atoms with Gasteiger partial charge in [-0.15, -0.1) is 4.91 Å². The minimum atomic E-state index is -0.894. The Balaban J connectivity index is 2.81. The van der Waals surface area contributed by atoms with E-state index >= 15 is 0 Å². The Bertz CT molecular complexity index is 271. The van der Waals surface area contributed by atoms with Gasteiger partial charge in [0, 0.05) is 25.1 Å². The lowest BCUT2D eigenvalue weighted by molar-refractivity contribution is -0.130. The van der Waals surface area contributed by atoms with Gasteiger partial charge < -0.3 is 0 Å². The molecule has 64 valence electrons. The van der Waals surface area contributed by atoms with Crippen molar-refractivity contribution >= 4 is 17.5 Å². The second-order valence-corrected chi connectivity index (χ2v) is 2.36. The molecule has 12 heavy (non-hydrogen) atoms.